The maximum Gasteiger partial charge on any atom is 0.314 e. The van der Waals surface area contributed by atoms with Crippen LogP contribution in [0, 0.1) is 5.92 Å². The van der Waals surface area contributed by atoms with Crippen molar-refractivity contribution in [2.24, 2.45) is 5.92 Å². The predicted octanol–water partition coefficient (Wildman–Crippen LogP) is -0.469. The summed E-state index contributed by atoms with van der Waals surface area (Å²) in [6, 6.07) is -0.181. The molecule has 0 saturated carbocycles. The fourth-order valence-corrected chi connectivity index (χ4v) is 2.70. The van der Waals surface area contributed by atoms with Crippen molar-refractivity contribution in [2.45, 2.75) is 31.4 Å². The Bertz CT molecular complexity index is 313. The van der Waals surface area contributed by atoms with Gasteiger partial charge in [0.05, 0.1) is 7.11 Å². The molecule has 0 radical (unpaired) electrons. The molecule has 2 fully saturated rings. The lowest BCUT2D eigenvalue weighted by Gasteiger charge is -2.22. The Kier molecular flexibility index (Phi) is 2.22. The maximum atomic E-state index is 11.8. The van der Waals surface area contributed by atoms with Gasteiger partial charge in [-0.25, -0.2) is 0 Å². The van der Waals surface area contributed by atoms with Crippen molar-refractivity contribution in [3.63, 3.8) is 0 Å². The Balaban J connectivity index is 2.35. The maximum absolute atomic E-state index is 11.8. The van der Waals surface area contributed by atoms with Gasteiger partial charge in [0.1, 0.15) is 5.92 Å². The van der Waals surface area contributed by atoms with Crippen molar-refractivity contribution in [1.82, 2.24) is 4.90 Å². The van der Waals surface area contributed by atoms with Crippen LogP contribution in [0.2, 0.25) is 0 Å². The molecule has 84 valence electrons. The van der Waals surface area contributed by atoms with Gasteiger partial charge in [0.25, 0.3) is 5.91 Å². The zero-order valence-electron chi connectivity index (χ0n) is 8.90. The van der Waals surface area contributed by atoms with Gasteiger partial charge in [0, 0.05) is 12.6 Å². The molecule has 3 atom stereocenters. The number of methoxy groups -OCH3 is 1. The topological polar surface area (TPSA) is 66.8 Å². The van der Waals surface area contributed by atoms with E-state index in [0.717, 1.165) is 12.8 Å². The summed E-state index contributed by atoms with van der Waals surface area (Å²) in [6.07, 6.45) is 1.65. The molecule has 0 aromatic carbocycles. The van der Waals surface area contributed by atoms with Crippen LogP contribution in [0.5, 0.6) is 0 Å². The minimum absolute atomic E-state index is 0.181. The van der Waals surface area contributed by atoms with Gasteiger partial charge in [-0.2, -0.15) is 0 Å². The quantitative estimate of drug-likeness (QED) is 0.598. The van der Waals surface area contributed by atoms with Crippen molar-refractivity contribution in [3.8, 4) is 0 Å². The van der Waals surface area contributed by atoms with Gasteiger partial charge in [0.2, 0.25) is 0 Å². The Morgan fingerprint density at radius 1 is 1.67 bits per heavy atom. The number of nitrogens with zero attached hydrogens (tertiary/aromatic N) is 1. The Labute approximate surface area is 88.0 Å². The number of ether oxygens (including phenoxy) is 1. The number of carbonyl (C=O) groups excluding carboxylic acids is 2. The molecule has 1 N–H and O–H groups in total. The van der Waals surface area contributed by atoms with E-state index in [1.165, 1.54) is 14.0 Å². The SMILES string of the molecule is COC(=O)[C@@H]1[C@@H]2CCCN2C(=O)[C@@]1(C)O. The van der Waals surface area contributed by atoms with E-state index >= 15 is 0 Å². The van der Waals surface area contributed by atoms with Crippen molar-refractivity contribution >= 4 is 11.9 Å². The van der Waals surface area contributed by atoms with E-state index < -0.39 is 17.5 Å². The summed E-state index contributed by atoms with van der Waals surface area (Å²) < 4.78 is 4.65. The summed E-state index contributed by atoms with van der Waals surface area (Å²) in [6.45, 7) is 2.03. The van der Waals surface area contributed by atoms with E-state index in [2.05, 4.69) is 4.74 Å². The first-order valence-corrected chi connectivity index (χ1v) is 5.11. The van der Waals surface area contributed by atoms with E-state index in [4.69, 9.17) is 0 Å². The van der Waals surface area contributed by atoms with Gasteiger partial charge in [0.15, 0.2) is 5.60 Å². The molecule has 0 bridgehead atoms. The number of rotatable bonds is 1. The minimum atomic E-state index is -1.60. The van der Waals surface area contributed by atoms with Crippen molar-refractivity contribution in [1.29, 1.82) is 0 Å². The average molecular weight is 213 g/mol. The second kappa shape index (κ2) is 3.20. The van der Waals surface area contributed by atoms with Crippen LogP contribution >= 0.6 is 0 Å². The third kappa shape index (κ3) is 1.26. The molecule has 2 aliphatic rings. The summed E-state index contributed by atoms with van der Waals surface area (Å²) in [4.78, 5) is 25.0. The van der Waals surface area contributed by atoms with E-state index in [1.54, 1.807) is 4.90 Å². The summed E-state index contributed by atoms with van der Waals surface area (Å²) in [7, 11) is 1.28. The number of hydrogen-bond donors (Lipinski definition) is 1. The monoisotopic (exact) mass is 213 g/mol. The lowest BCUT2D eigenvalue weighted by molar-refractivity contribution is -0.158. The molecule has 15 heavy (non-hydrogen) atoms. The lowest BCUT2D eigenvalue weighted by atomic mass is 9.86. The lowest BCUT2D eigenvalue weighted by Crippen LogP contribution is -2.44. The van der Waals surface area contributed by atoms with Gasteiger partial charge < -0.3 is 14.7 Å². The second-order valence-electron chi connectivity index (χ2n) is 4.36. The smallest absolute Gasteiger partial charge is 0.314 e. The third-order valence-electron chi connectivity index (χ3n) is 3.44. The molecule has 1 amide bonds. The molecule has 2 rings (SSSR count). The minimum Gasteiger partial charge on any atom is -0.469 e. The van der Waals surface area contributed by atoms with Gasteiger partial charge in [-0.15, -0.1) is 0 Å². The van der Waals surface area contributed by atoms with Crippen LogP contribution in [0.3, 0.4) is 0 Å². The van der Waals surface area contributed by atoms with E-state index in [0.29, 0.717) is 6.54 Å². The number of carbonyl (C=O) groups is 2. The Morgan fingerprint density at radius 3 is 2.93 bits per heavy atom. The highest BCUT2D eigenvalue weighted by atomic mass is 16.5. The molecule has 2 heterocycles. The van der Waals surface area contributed by atoms with Gasteiger partial charge >= 0.3 is 5.97 Å². The van der Waals surface area contributed by atoms with E-state index in [1.807, 2.05) is 0 Å². The summed E-state index contributed by atoms with van der Waals surface area (Å²) in [5, 5.41) is 10.0. The molecule has 0 unspecified atom stereocenters. The molecule has 0 aromatic heterocycles. The first-order valence-electron chi connectivity index (χ1n) is 5.11. The highest BCUT2D eigenvalue weighted by Crippen LogP contribution is 2.40. The molecule has 2 saturated heterocycles. The average Bonchev–Trinajstić information content (AvgIpc) is 2.70. The van der Waals surface area contributed by atoms with Gasteiger partial charge in [-0.3, -0.25) is 9.59 Å². The van der Waals surface area contributed by atoms with Crippen LogP contribution in [0.25, 0.3) is 0 Å². The summed E-state index contributed by atoms with van der Waals surface area (Å²) in [5.74, 6) is -1.58. The number of fused-ring (bicyclic) bond motifs is 1. The van der Waals surface area contributed by atoms with Crippen molar-refractivity contribution in [3.05, 3.63) is 0 Å². The molecule has 5 nitrogen and oxygen atoms in total. The molecule has 2 aliphatic heterocycles. The highest BCUT2D eigenvalue weighted by molar-refractivity contribution is 5.95. The first kappa shape index (κ1) is 10.4. The molecular formula is C10H15NO4. The molecule has 0 aromatic rings. The normalized spacial score (nSPS) is 39.4. The molecule has 5 heteroatoms. The highest BCUT2D eigenvalue weighted by Gasteiger charge is 2.60. The van der Waals surface area contributed by atoms with Gasteiger partial charge in [-0.1, -0.05) is 0 Å². The van der Waals surface area contributed by atoms with Crippen LogP contribution in [0.1, 0.15) is 19.8 Å². The number of amides is 1. The zero-order chi connectivity index (χ0) is 11.2. The van der Waals surface area contributed by atoms with Crippen molar-refractivity contribution < 1.29 is 19.4 Å². The Morgan fingerprint density at radius 2 is 2.33 bits per heavy atom. The van der Waals surface area contributed by atoms with Crippen LogP contribution < -0.4 is 0 Å². The number of esters is 1. The number of aliphatic hydroxyl groups is 1. The Hall–Kier alpha value is -1.10. The fourth-order valence-electron chi connectivity index (χ4n) is 2.70. The van der Waals surface area contributed by atoms with Crippen LogP contribution in [0.15, 0.2) is 0 Å². The van der Waals surface area contributed by atoms with Crippen molar-refractivity contribution in [2.75, 3.05) is 13.7 Å². The van der Waals surface area contributed by atoms with Crippen LogP contribution in [-0.2, 0) is 14.3 Å². The van der Waals surface area contributed by atoms with E-state index in [9.17, 15) is 14.7 Å². The summed E-state index contributed by atoms with van der Waals surface area (Å²) >= 11 is 0. The first-order chi connectivity index (χ1) is 7.00. The third-order valence-corrected chi connectivity index (χ3v) is 3.44. The zero-order valence-corrected chi connectivity index (χ0v) is 8.90. The largest absolute Gasteiger partial charge is 0.469 e. The predicted molar refractivity (Wildman–Crippen MR) is 50.9 cm³/mol. The standard InChI is InChI=1S/C10H15NO4/c1-10(14)7(8(12)15-2)6-4-3-5-11(6)9(10)13/h6-7,14H,3-5H2,1-2H3/t6-,7-,10-/m0/s1. The molecule has 0 spiro atoms. The summed E-state index contributed by atoms with van der Waals surface area (Å²) in [5.41, 5.74) is -1.60. The number of hydrogen-bond acceptors (Lipinski definition) is 4. The van der Waals surface area contributed by atoms with Gasteiger partial charge in [-0.05, 0) is 19.8 Å². The molecule has 0 aliphatic carbocycles. The van der Waals surface area contributed by atoms with Crippen LogP contribution in [-0.4, -0.2) is 47.2 Å². The molecular weight excluding hydrogens is 198 g/mol. The van der Waals surface area contributed by atoms with Crippen LogP contribution in [0.4, 0.5) is 0 Å². The fraction of sp³-hybridized carbons (Fsp3) is 0.800. The van der Waals surface area contributed by atoms with E-state index in [-0.39, 0.29) is 11.9 Å². The second-order valence-corrected chi connectivity index (χ2v) is 4.36.